The molecule has 0 radical (unpaired) electrons. The smallest absolute Gasteiger partial charge is 0.265 e. The molecule has 1 saturated carbocycles. The summed E-state index contributed by atoms with van der Waals surface area (Å²) in [5.74, 6) is -0.0876. The minimum atomic E-state index is -0.172. The van der Waals surface area contributed by atoms with Crippen LogP contribution in [0.3, 0.4) is 0 Å². The van der Waals surface area contributed by atoms with E-state index in [4.69, 9.17) is 10.9 Å². The fourth-order valence-electron chi connectivity index (χ4n) is 2.41. The van der Waals surface area contributed by atoms with Crippen LogP contribution in [0, 0.1) is 5.92 Å². The lowest BCUT2D eigenvalue weighted by atomic mass is 10.0. The second-order valence-electron chi connectivity index (χ2n) is 4.54. The highest BCUT2D eigenvalue weighted by molar-refractivity contribution is 7.08. The van der Waals surface area contributed by atoms with Gasteiger partial charge in [0.05, 0.1) is 5.69 Å². The Morgan fingerprint density at radius 3 is 3.11 bits per heavy atom. The van der Waals surface area contributed by atoms with Gasteiger partial charge in [-0.25, -0.2) is 0 Å². The number of nitrogens with two attached hydrogens (primary N) is 1. The zero-order valence-electron chi connectivity index (χ0n) is 10.7. The van der Waals surface area contributed by atoms with Gasteiger partial charge in [0.25, 0.3) is 5.91 Å². The molecule has 2 rings (SSSR count). The first-order valence-corrected chi connectivity index (χ1v) is 7.04. The van der Waals surface area contributed by atoms with Crippen molar-refractivity contribution in [1.82, 2.24) is 14.9 Å². The zero-order valence-corrected chi connectivity index (χ0v) is 11.5. The third kappa shape index (κ3) is 2.83. The number of carbonyl (C=O) groups excluding carboxylic acids is 1. The standard InChI is InChI=1S/C11H17N5O2S/c1-2-7-9(19-16-14-7)11(17)13-8-5-3-4-6(8)10(12)15-18/h6,8,18H,2-5H2,1H3,(H2,12,15)(H,13,17). The van der Waals surface area contributed by atoms with Gasteiger partial charge in [0.15, 0.2) is 0 Å². The Balaban J connectivity index is 2.06. The summed E-state index contributed by atoms with van der Waals surface area (Å²) in [6, 6.07) is -0.0878. The van der Waals surface area contributed by atoms with Gasteiger partial charge in [-0.2, -0.15) is 0 Å². The Morgan fingerprint density at radius 2 is 2.42 bits per heavy atom. The number of amides is 1. The van der Waals surface area contributed by atoms with Crippen molar-refractivity contribution >= 4 is 23.3 Å². The second-order valence-corrected chi connectivity index (χ2v) is 5.30. The van der Waals surface area contributed by atoms with E-state index in [0.29, 0.717) is 17.0 Å². The molecular formula is C11H17N5O2S. The first-order valence-electron chi connectivity index (χ1n) is 6.26. The highest BCUT2D eigenvalue weighted by Crippen LogP contribution is 2.26. The van der Waals surface area contributed by atoms with Gasteiger partial charge in [-0.3, -0.25) is 4.79 Å². The number of hydrogen-bond donors (Lipinski definition) is 3. The minimum Gasteiger partial charge on any atom is -0.409 e. The van der Waals surface area contributed by atoms with E-state index in [-0.39, 0.29) is 23.7 Å². The Kier molecular flexibility index (Phi) is 4.31. The number of aryl methyl sites for hydroxylation is 1. The third-order valence-corrected chi connectivity index (χ3v) is 4.19. The van der Waals surface area contributed by atoms with E-state index < -0.39 is 0 Å². The summed E-state index contributed by atoms with van der Waals surface area (Å²) in [5.41, 5.74) is 6.35. The number of rotatable bonds is 4. The van der Waals surface area contributed by atoms with Crippen molar-refractivity contribution in [2.75, 3.05) is 0 Å². The molecule has 1 amide bonds. The van der Waals surface area contributed by atoms with Crippen molar-refractivity contribution in [2.45, 2.75) is 38.6 Å². The van der Waals surface area contributed by atoms with E-state index >= 15 is 0 Å². The van der Waals surface area contributed by atoms with Crippen molar-refractivity contribution in [3.05, 3.63) is 10.6 Å². The summed E-state index contributed by atoms with van der Waals surface area (Å²) in [7, 11) is 0. The van der Waals surface area contributed by atoms with Crippen LogP contribution in [0.2, 0.25) is 0 Å². The van der Waals surface area contributed by atoms with Crippen LogP contribution in [0.25, 0.3) is 0 Å². The van der Waals surface area contributed by atoms with Gasteiger partial charge in [-0.1, -0.05) is 23.0 Å². The summed E-state index contributed by atoms with van der Waals surface area (Å²) < 4.78 is 3.80. The zero-order chi connectivity index (χ0) is 13.8. The molecule has 1 aliphatic carbocycles. The molecule has 1 aromatic rings. The molecule has 1 aromatic heterocycles. The topological polar surface area (TPSA) is 113 Å². The van der Waals surface area contributed by atoms with Gasteiger partial charge in [0, 0.05) is 12.0 Å². The Hall–Kier alpha value is -1.70. The molecule has 19 heavy (non-hydrogen) atoms. The Labute approximate surface area is 115 Å². The molecule has 1 aliphatic rings. The number of amidine groups is 1. The second kappa shape index (κ2) is 5.96. The number of carbonyl (C=O) groups is 1. The largest absolute Gasteiger partial charge is 0.409 e. The fourth-order valence-corrected chi connectivity index (χ4v) is 3.06. The summed E-state index contributed by atoms with van der Waals surface area (Å²) in [6.07, 6.45) is 3.28. The summed E-state index contributed by atoms with van der Waals surface area (Å²) in [6.45, 7) is 1.93. The molecule has 8 heteroatoms. The summed E-state index contributed by atoms with van der Waals surface area (Å²) >= 11 is 1.10. The van der Waals surface area contributed by atoms with E-state index in [9.17, 15) is 4.79 Å². The summed E-state index contributed by atoms with van der Waals surface area (Å²) in [4.78, 5) is 12.7. The van der Waals surface area contributed by atoms with Gasteiger partial charge >= 0.3 is 0 Å². The highest BCUT2D eigenvalue weighted by Gasteiger charge is 2.32. The van der Waals surface area contributed by atoms with Crippen LogP contribution in [0.5, 0.6) is 0 Å². The highest BCUT2D eigenvalue weighted by atomic mass is 32.1. The van der Waals surface area contributed by atoms with Crippen molar-refractivity contribution in [2.24, 2.45) is 16.8 Å². The average Bonchev–Trinajstić information content (AvgIpc) is 3.05. The monoisotopic (exact) mass is 283 g/mol. The molecule has 0 saturated heterocycles. The van der Waals surface area contributed by atoms with E-state index in [1.165, 1.54) is 0 Å². The van der Waals surface area contributed by atoms with Gasteiger partial charge < -0.3 is 16.3 Å². The van der Waals surface area contributed by atoms with Crippen molar-refractivity contribution < 1.29 is 10.0 Å². The molecule has 104 valence electrons. The van der Waals surface area contributed by atoms with Crippen molar-refractivity contribution in [1.29, 1.82) is 0 Å². The number of hydrogen-bond acceptors (Lipinski definition) is 6. The first-order chi connectivity index (χ1) is 9.17. The van der Waals surface area contributed by atoms with Crippen LogP contribution in [-0.2, 0) is 6.42 Å². The number of nitrogens with one attached hydrogen (secondary N) is 1. The molecule has 7 nitrogen and oxygen atoms in total. The normalized spacial score (nSPS) is 23.5. The van der Waals surface area contributed by atoms with E-state index in [0.717, 1.165) is 30.8 Å². The summed E-state index contributed by atoms with van der Waals surface area (Å²) in [5, 5.41) is 18.7. The number of nitrogens with zero attached hydrogens (tertiary/aromatic N) is 3. The van der Waals surface area contributed by atoms with Gasteiger partial charge in [0.1, 0.15) is 10.7 Å². The Bertz CT molecular complexity index is 487. The van der Waals surface area contributed by atoms with Crippen LogP contribution in [-0.4, -0.2) is 32.6 Å². The van der Waals surface area contributed by atoms with Crippen LogP contribution < -0.4 is 11.1 Å². The predicted octanol–water partition coefficient (Wildman–Crippen LogP) is 0.745. The quantitative estimate of drug-likeness (QED) is 0.326. The van der Waals surface area contributed by atoms with Crippen molar-refractivity contribution in [3.63, 3.8) is 0 Å². The number of oxime groups is 1. The van der Waals surface area contributed by atoms with Gasteiger partial charge in [0.2, 0.25) is 0 Å². The van der Waals surface area contributed by atoms with E-state index in [1.54, 1.807) is 0 Å². The van der Waals surface area contributed by atoms with Crippen LogP contribution in [0.4, 0.5) is 0 Å². The lowest BCUT2D eigenvalue weighted by molar-refractivity contribution is 0.0936. The number of aromatic nitrogens is 2. The van der Waals surface area contributed by atoms with Crippen LogP contribution >= 0.6 is 11.5 Å². The molecule has 1 heterocycles. The first kappa shape index (κ1) is 13.7. The minimum absolute atomic E-state index is 0.0878. The fraction of sp³-hybridized carbons (Fsp3) is 0.636. The van der Waals surface area contributed by atoms with E-state index in [2.05, 4.69) is 20.1 Å². The Morgan fingerprint density at radius 1 is 1.63 bits per heavy atom. The maximum absolute atomic E-state index is 12.2. The lowest BCUT2D eigenvalue weighted by Crippen LogP contribution is -2.42. The molecule has 2 unspecified atom stereocenters. The predicted molar refractivity (Wildman–Crippen MR) is 71.3 cm³/mol. The molecule has 0 aliphatic heterocycles. The SMILES string of the molecule is CCc1nnsc1C(=O)NC1CCCC1C(N)=NO. The molecule has 4 N–H and O–H groups in total. The maximum atomic E-state index is 12.2. The molecule has 2 atom stereocenters. The van der Waals surface area contributed by atoms with E-state index in [1.807, 2.05) is 6.92 Å². The molecule has 0 bridgehead atoms. The van der Waals surface area contributed by atoms with Gasteiger partial charge in [-0.05, 0) is 30.8 Å². The third-order valence-electron chi connectivity index (χ3n) is 3.42. The average molecular weight is 283 g/mol. The maximum Gasteiger partial charge on any atom is 0.265 e. The lowest BCUT2D eigenvalue weighted by Gasteiger charge is -2.19. The van der Waals surface area contributed by atoms with Crippen LogP contribution in [0.15, 0.2) is 5.16 Å². The molecule has 1 fully saturated rings. The molecule has 0 spiro atoms. The molecule has 0 aromatic carbocycles. The van der Waals surface area contributed by atoms with Crippen molar-refractivity contribution in [3.8, 4) is 0 Å². The van der Waals surface area contributed by atoms with Crippen LogP contribution in [0.1, 0.15) is 41.6 Å². The molecular weight excluding hydrogens is 266 g/mol. The van der Waals surface area contributed by atoms with Gasteiger partial charge in [-0.15, -0.1) is 5.10 Å².